The first kappa shape index (κ1) is 14.3. The lowest BCUT2D eigenvalue weighted by molar-refractivity contribution is 0.794. The fourth-order valence-electron chi connectivity index (χ4n) is 3.30. The van der Waals surface area contributed by atoms with Crippen molar-refractivity contribution >= 4 is 39.1 Å². The molecule has 0 N–H and O–H groups in total. The minimum atomic E-state index is -0.100. The third-order valence-corrected chi connectivity index (χ3v) is 4.61. The topological polar surface area (TPSA) is 39.3 Å². The molecule has 0 fully saturated rings. The van der Waals surface area contributed by atoms with Gasteiger partial charge < -0.3 is 0 Å². The van der Waals surface area contributed by atoms with Gasteiger partial charge in [-0.2, -0.15) is 4.52 Å². The second-order valence-corrected chi connectivity index (χ2v) is 6.31. The maximum Gasteiger partial charge on any atom is 0.281 e. The van der Waals surface area contributed by atoms with Crippen LogP contribution in [0.15, 0.2) is 77.6 Å². The summed E-state index contributed by atoms with van der Waals surface area (Å²) in [6.45, 7) is 0. The summed E-state index contributed by atoms with van der Waals surface area (Å²) in [6.07, 6.45) is 0. The van der Waals surface area contributed by atoms with Crippen molar-refractivity contribution in [2.24, 2.45) is 0 Å². The zero-order valence-corrected chi connectivity index (χ0v) is 13.8. The summed E-state index contributed by atoms with van der Waals surface area (Å²) >= 11 is 6.18. The molecule has 0 aliphatic carbocycles. The summed E-state index contributed by atoms with van der Waals surface area (Å²) in [4.78, 5) is 18.0. The van der Waals surface area contributed by atoms with Crippen LogP contribution < -0.4 is 5.56 Å². The van der Waals surface area contributed by atoms with Crippen LogP contribution in [0.25, 0.3) is 33.1 Å². The Bertz CT molecular complexity index is 1330. The van der Waals surface area contributed by atoms with Gasteiger partial charge in [-0.05, 0) is 42.5 Å². The molecule has 3 aromatic carbocycles. The fourth-order valence-corrected chi connectivity index (χ4v) is 3.49. The molecule has 0 radical (unpaired) electrons. The van der Waals surface area contributed by atoms with E-state index in [1.165, 1.54) is 0 Å². The second-order valence-electron chi connectivity index (χ2n) is 5.88. The standard InChI is InChI=1S/C20H12ClN3O/c21-13-6-5-7-14(12-13)23-18-11-4-2-9-16(18)19-22-17-10-3-1-8-15(17)20(25)24(19)23/h1-12H. The van der Waals surface area contributed by atoms with Crippen LogP contribution in [0.3, 0.4) is 0 Å². The lowest BCUT2D eigenvalue weighted by Crippen LogP contribution is -2.20. The lowest BCUT2D eigenvalue weighted by atomic mass is 10.2. The number of aromatic nitrogens is 3. The van der Waals surface area contributed by atoms with Crippen LogP contribution in [0, 0.1) is 0 Å². The summed E-state index contributed by atoms with van der Waals surface area (Å²) < 4.78 is 3.50. The number of rotatable bonds is 1. The van der Waals surface area contributed by atoms with E-state index in [0.717, 1.165) is 16.6 Å². The second kappa shape index (κ2) is 5.19. The molecule has 0 amide bonds. The molecular weight excluding hydrogens is 334 g/mol. The number of hydrogen-bond acceptors (Lipinski definition) is 2. The Morgan fingerprint density at radius 2 is 1.60 bits per heavy atom. The third kappa shape index (κ3) is 2.01. The number of halogens is 1. The highest BCUT2D eigenvalue weighted by Crippen LogP contribution is 2.26. The number of nitrogens with zero attached hydrogens (tertiary/aromatic N) is 3. The van der Waals surface area contributed by atoms with Gasteiger partial charge in [0.1, 0.15) is 0 Å². The zero-order valence-electron chi connectivity index (χ0n) is 13.1. The summed E-state index contributed by atoms with van der Waals surface area (Å²) in [6, 6.07) is 22.7. The molecule has 5 rings (SSSR count). The average Bonchev–Trinajstić information content (AvgIpc) is 2.97. The van der Waals surface area contributed by atoms with Crippen molar-refractivity contribution in [3.63, 3.8) is 0 Å². The van der Waals surface area contributed by atoms with Gasteiger partial charge in [0.05, 0.1) is 22.1 Å². The normalized spacial score (nSPS) is 11.6. The van der Waals surface area contributed by atoms with Crippen LogP contribution in [-0.2, 0) is 0 Å². The van der Waals surface area contributed by atoms with Crippen LogP contribution in [0.5, 0.6) is 0 Å². The van der Waals surface area contributed by atoms with Crippen LogP contribution in [-0.4, -0.2) is 14.2 Å². The molecule has 4 nitrogen and oxygen atoms in total. The average molecular weight is 346 g/mol. The molecule has 0 unspecified atom stereocenters. The molecule has 0 aliphatic heterocycles. The lowest BCUT2D eigenvalue weighted by Gasteiger charge is -2.09. The first-order valence-electron chi connectivity index (χ1n) is 7.91. The zero-order chi connectivity index (χ0) is 17.0. The Kier molecular flexibility index (Phi) is 2.96. The molecule has 2 heterocycles. The maximum absolute atomic E-state index is 13.2. The Balaban J connectivity index is 2.08. The van der Waals surface area contributed by atoms with Crippen molar-refractivity contribution in [1.82, 2.24) is 14.2 Å². The predicted octanol–water partition coefficient (Wildman–Crippen LogP) is 4.45. The van der Waals surface area contributed by atoms with Crippen molar-refractivity contribution in [1.29, 1.82) is 0 Å². The van der Waals surface area contributed by atoms with Gasteiger partial charge in [0.2, 0.25) is 0 Å². The van der Waals surface area contributed by atoms with Gasteiger partial charge in [0.15, 0.2) is 5.65 Å². The third-order valence-electron chi connectivity index (χ3n) is 4.38. The van der Waals surface area contributed by atoms with E-state index in [-0.39, 0.29) is 5.56 Å². The van der Waals surface area contributed by atoms with Gasteiger partial charge in [-0.1, -0.05) is 41.9 Å². The molecule has 0 saturated heterocycles. The first-order valence-corrected chi connectivity index (χ1v) is 8.29. The summed E-state index contributed by atoms with van der Waals surface area (Å²) in [5.74, 6) is 0. The fraction of sp³-hybridized carbons (Fsp3) is 0. The number of fused-ring (bicyclic) bond motifs is 4. The van der Waals surface area contributed by atoms with Gasteiger partial charge in [-0.15, -0.1) is 0 Å². The highest BCUT2D eigenvalue weighted by Gasteiger charge is 2.16. The van der Waals surface area contributed by atoms with E-state index >= 15 is 0 Å². The van der Waals surface area contributed by atoms with E-state index in [1.807, 2.05) is 71.4 Å². The molecule has 0 aliphatic rings. The van der Waals surface area contributed by atoms with E-state index < -0.39 is 0 Å². The highest BCUT2D eigenvalue weighted by atomic mass is 35.5. The minimum Gasteiger partial charge on any atom is -0.267 e. The molecule has 2 aromatic heterocycles. The van der Waals surface area contributed by atoms with Crippen LogP contribution in [0.2, 0.25) is 5.02 Å². The first-order chi connectivity index (χ1) is 12.2. The predicted molar refractivity (Wildman–Crippen MR) is 101 cm³/mol. The van der Waals surface area contributed by atoms with Crippen molar-refractivity contribution in [3.8, 4) is 5.69 Å². The molecule has 5 heteroatoms. The van der Waals surface area contributed by atoms with Gasteiger partial charge in [-0.25, -0.2) is 9.67 Å². The molecule has 0 atom stereocenters. The van der Waals surface area contributed by atoms with E-state index in [1.54, 1.807) is 10.6 Å². The number of benzene rings is 3. The van der Waals surface area contributed by atoms with Gasteiger partial charge >= 0.3 is 0 Å². The molecule has 25 heavy (non-hydrogen) atoms. The highest BCUT2D eigenvalue weighted by molar-refractivity contribution is 6.30. The van der Waals surface area contributed by atoms with Crippen LogP contribution in [0.1, 0.15) is 0 Å². The summed E-state index contributed by atoms with van der Waals surface area (Å²) in [5, 5.41) is 2.13. The minimum absolute atomic E-state index is 0.100. The maximum atomic E-state index is 13.2. The monoisotopic (exact) mass is 345 g/mol. The van der Waals surface area contributed by atoms with E-state index in [2.05, 4.69) is 0 Å². The van der Waals surface area contributed by atoms with E-state index in [4.69, 9.17) is 16.6 Å². The molecule has 0 saturated carbocycles. The molecule has 120 valence electrons. The SMILES string of the molecule is O=c1c2ccccc2nc2c3ccccc3n(-c3cccc(Cl)c3)n12. The molecule has 0 bridgehead atoms. The van der Waals surface area contributed by atoms with Crippen molar-refractivity contribution < 1.29 is 0 Å². The van der Waals surface area contributed by atoms with E-state index in [0.29, 0.717) is 21.6 Å². The van der Waals surface area contributed by atoms with Crippen molar-refractivity contribution in [2.45, 2.75) is 0 Å². The van der Waals surface area contributed by atoms with Gasteiger partial charge in [0.25, 0.3) is 5.56 Å². The Hall–Kier alpha value is -3.11. The van der Waals surface area contributed by atoms with Crippen LogP contribution in [0.4, 0.5) is 0 Å². The Labute approximate surface area is 147 Å². The molecule has 5 aromatic rings. The van der Waals surface area contributed by atoms with Crippen molar-refractivity contribution in [3.05, 3.63) is 88.2 Å². The van der Waals surface area contributed by atoms with E-state index in [9.17, 15) is 4.79 Å². The molecular formula is C20H12ClN3O. The Morgan fingerprint density at radius 1 is 0.840 bits per heavy atom. The smallest absolute Gasteiger partial charge is 0.267 e. The summed E-state index contributed by atoms with van der Waals surface area (Å²) in [5.41, 5.74) is 2.96. The number of hydrogen-bond donors (Lipinski definition) is 0. The van der Waals surface area contributed by atoms with Gasteiger partial charge in [-0.3, -0.25) is 4.79 Å². The van der Waals surface area contributed by atoms with Crippen LogP contribution >= 0.6 is 11.6 Å². The quantitative estimate of drug-likeness (QED) is 0.450. The van der Waals surface area contributed by atoms with Crippen molar-refractivity contribution in [2.75, 3.05) is 0 Å². The molecule has 0 spiro atoms. The largest absolute Gasteiger partial charge is 0.281 e. The van der Waals surface area contributed by atoms with Gasteiger partial charge in [0, 0.05) is 10.4 Å². The number of para-hydroxylation sites is 2. The Morgan fingerprint density at radius 3 is 2.44 bits per heavy atom. The summed E-state index contributed by atoms with van der Waals surface area (Å²) in [7, 11) is 0.